The van der Waals surface area contributed by atoms with Gasteiger partial charge in [0.05, 0.1) is 18.6 Å². The Labute approximate surface area is 114 Å². The Morgan fingerprint density at radius 3 is 2.50 bits per heavy atom. The zero-order chi connectivity index (χ0) is 14.6. The SMILES string of the molecule is O=C(Cc1ccc(C(F)(F)F)cc1)OC1CCCCO1. The Bertz CT molecular complexity index is 448. The molecule has 2 rings (SSSR count). The largest absolute Gasteiger partial charge is 0.436 e. The van der Waals surface area contributed by atoms with E-state index in [1.807, 2.05) is 0 Å². The summed E-state index contributed by atoms with van der Waals surface area (Å²) in [5.74, 6) is -0.489. The first kappa shape index (κ1) is 14.8. The van der Waals surface area contributed by atoms with Crippen LogP contribution >= 0.6 is 0 Å². The zero-order valence-corrected chi connectivity index (χ0v) is 10.8. The maximum absolute atomic E-state index is 12.4. The summed E-state index contributed by atoms with van der Waals surface area (Å²) in [5.41, 5.74) is -0.246. The first-order valence-electron chi connectivity index (χ1n) is 6.42. The third-order valence-electron chi connectivity index (χ3n) is 3.03. The Morgan fingerprint density at radius 1 is 1.25 bits per heavy atom. The van der Waals surface area contributed by atoms with Crippen molar-refractivity contribution in [2.24, 2.45) is 0 Å². The quantitative estimate of drug-likeness (QED) is 0.800. The minimum Gasteiger partial charge on any atom is -0.436 e. The molecule has 1 aromatic carbocycles. The molecular weight excluding hydrogens is 273 g/mol. The van der Waals surface area contributed by atoms with Crippen LogP contribution in [0.15, 0.2) is 24.3 Å². The molecule has 1 fully saturated rings. The first-order valence-corrected chi connectivity index (χ1v) is 6.42. The number of alkyl halides is 3. The van der Waals surface area contributed by atoms with Crippen molar-refractivity contribution < 1.29 is 27.4 Å². The normalized spacial score (nSPS) is 19.6. The van der Waals surface area contributed by atoms with Crippen LogP contribution in [0, 0.1) is 0 Å². The number of halogens is 3. The zero-order valence-electron chi connectivity index (χ0n) is 10.8. The first-order chi connectivity index (χ1) is 9.45. The van der Waals surface area contributed by atoms with Crippen LogP contribution in [0.3, 0.4) is 0 Å². The number of hydrogen-bond acceptors (Lipinski definition) is 3. The van der Waals surface area contributed by atoms with Crippen LogP contribution in [0.1, 0.15) is 30.4 Å². The average molecular weight is 288 g/mol. The van der Waals surface area contributed by atoms with Crippen molar-refractivity contribution in [2.75, 3.05) is 6.61 Å². The van der Waals surface area contributed by atoms with Gasteiger partial charge in [-0.25, -0.2) is 0 Å². The summed E-state index contributed by atoms with van der Waals surface area (Å²) in [6, 6.07) is 4.48. The van der Waals surface area contributed by atoms with E-state index in [9.17, 15) is 18.0 Å². The number of hydrogen-bond donors (Lipinski definition) is 0. The van der Waals surface area contributed by atoms with Gasteiger partial charge in [0, 0.05) is 6.42 Å². The van der Waals surface area contributed by atoms with Crippen LogP contribution < -0.4 is 0 Å². The summed E-state index contributed by atoms with van der Waals surface area (Å²) in [5, 5.41) is 0. The molecule has 1 aliphatic rings. The second-order valence-corrected chi connectivity index (χ2v) is 4.66. The highest BCUT2D eigenvalue weighted by molar-refractivity contribution is 5.72. The Kier molecular flexibility index (Phi) is 4.65. The standard InChI is InChI=1S/C14H15F3O3/c15-14(16,17)11-6-4-10(5-7-11)9-12(18)20-13-3-1-2-8-19-13/h4-7,13H,1-3,8-9H2. The van der Waals surface area contributed by atoms with Crippen LogP contribution in [0.4, 0.5) is 13.2 Å². The van der Waals surface area contributed by atoms with Gasteiger partial charge in [0.1, 0.15) is 0 Å². The number of ether oxygens (including phenoxy) is 2. The molecule has 0 saturated carbocycles. The Balaban J connectivity index is 1.87. The maximum atomic E-state index is 12.4. The van der Waals surface area contributed by atoms with Crippen LogP contribution in [-0.4, -0.2) is 18.9 Å². The molecule has 20 heavy (non-hydrogen) atoms. The van der Waals surface area contributed by atoms with Gasteiger partial charge in [-0.3, -0.25) is 4.79 Å². The minimum absolute atomic E-state index is 0.0575. The summed E-state index contributed by atoms with van der Waals surface area (Å²) in [4.78, 5) is 11.6. The van der Waals surface area contributed by atoms with Crippen molar-refractivity contribution >= 4 is 5.97 Å². The van der Waals surface area contributed by atoms with Gasteiger partial charge in [0.25, 0.3) is 0 Å². The van der Waals surface area contributed by atoms with E-state index in [4.69, 9.17) is 9.47 Å². The van der Waals surface area contributed by atoms with Gasteiger partial charge < -0.3 is 9.47 Å². The van der Waals surface area contributed by atoms with E-state index in [2.05, 4.69) is 0 Å². The molecule has 1 saturated heterocycles. The Hall–Kier alpha value is -1.56. The van der Waals surface area contributed by atoms with Gasteiger partial charge >= 0.3 is 12.1 Å². The smallest absolute Gasteiger partial charge is 0.416 e. The van der Waals surface area contributed by atoms with Crippen molar-refractivity contribution in [3.8, 4) is 0 Å². The van der Waals surface area contributed by atoms with Crippen LogP contribution in [0.25, 0.3) is 0 Å². The summed E-state index contributed by atoms with van der Waals surface area (Å²) in [7, 11) is 0. The third kappa shape index (κ3) is 4.23. The Morgan fingerprint density at radius 2 is 1.95 bits per heavy atom. The molecule has 0 radical (unpaired) electrons. The number of carbonyl (C=O) groups excluding carboxylic acids is 1. The number of benzene rings is 1. The number of carbonyl (C=O) groups is 1. The molecular formula is C14H15F3O3. The van der Waals surface area contributed by atoms with E-state index in [1.54, 1.807) is 0 Å². The fourth-order valence-electron chi connectivity index (χ4n) is 1.97. The minimum atomic E-state index is -4.37. The van der Waals surface area contributed by atoms with E-state index in [0.29, 0.717) is 18.6 Å². The number of esters is 1. The monoisotopic (exact) mass is 288 g/mol. The predicted molar refractivity (Wildman–Crippen MR) is 64.8 cm³/mol. The highest BCUT2D eigenvalue weighted by atomic mass is 19.4. The molecule has 3 nitrogen and oxygen atoms in total. The number of rotatable bonds is 3. The van der Waals surface area contributed by atoms with Crippen LogP contribution in [0.5, 0.6) is 0 Å². The van der Waals surface area contributed by atoms with E-state index in [-0.39, 0.29) is 6.42 Å². The van der Waals surface area contributed by atoms with Crippen molar-refractivity contribution in [2.45, 2.75) is 38.1 Å². The van der Waals surface area contributed by atoms with Crippen molar-refractivity contribution in [3.63, 3.8) is 0 Å². The molecule has 1 heterocycles. The van der Waals surface area contributed by atoms with Gasteiger partial charge in [-0.05, 0) is 30.5 Å². The predicted octanol–water partition coefficient (Wildman–Crippen LogP) is 3.32. The van der Waals surface area contributed by atoms with Gasteiger partial charge in [0.2, 0.25) is 6.29 Å². The molecule has 1 atom stereocenters. The molecule has 0 bridgehead atoms. The van der Waals surface area contributed by atoms with Crippen molar-refractivity contribution in [1.29, 1.82) is 0 Å². The lowest BCUT2D eigenvalue weighted by atomic mass is 10.1. The highest BCUT2D eigenvalue weighted by Crippen LogP contribution is 2.29. The van der Waals surface area contributed by atoms with E-state index in [1.165, 1.54) is 12.1 Å². The molecule has 1 aromatic rings. The van der Waals surface area contributed by atoms with Gasteiger partial charge in [-0.1, -0.05) is 12.1 Å². The lowest BCUT2D eigenvalue weighted by Gasteiger charge is -2.22. The molecule has 1 aliphatic heterocycles. The maximum Gasteiger partial charge on any atom is 0.416 e. The fourth-order valence-corrected chi connectivity index (χ4v) is 1.97. The lowest BCUT2D eigenvalue weighted by molar-refractivity contribution is -0.185. The van der Waals surface area contributed by atoms with Crippen LogP contribution in [-0.2, 0) is 26.9 Å². The molecule has 0 aliphatic carbocycles. The average Bonchev–Trinajstić information content (AvgIpc) is 2.39. The molecule has 0 spiro atoms. The fraction of sp³-hybridized carbons (Fsp3) is 0.500. The van der Waals surface area contributed by atoms with E-state index in [0.717, 1.165) is 25.0 Å². The third-order valence-corrected chi connectivity index (χ3v) is 3.03. The molecule has 0 N–H and O–H groups in total. The summed E-state index contributed by atoms with van der Waals surface area (Å²) in [6.45, 7) is 0.568. The van der Waals surface area contributed by atoms with Gasteiger partial charge in [0.15, 0.2) is 0 Å². The van der Waals surface area contributed by atoms with Gasteiger partial charge in [-0.2, -0.15) is 13.2 Å². The molecule has 0 aromatic heterocycles. The molecule has 110 valence electrons. The van der Waals surface area contributed by atoms with Gasteiger partial charge in [-0.15, -0.1) is 0 Å². The lowest BCUT2D eigenvalue weighted by Crippen LogP contribution is -2.26. The van der Waals surface area contributed by atoms with E-state index < -0.39 is 24.0 Å². The summed E-state index contributed by atoms with van der Waals surface area (Å²) >= 11 is 0. The van der Waals surface area contributed by atoms with E-state index >= 15 is 0 Å². The summed E-state index contributed by atoms with van der Waals surface area (Å²) in [6.07, 6.45) is -2.39. The summed E-state index contributed by atoms with van der Waals surface area (Å²) < 4.78 is 47.5. The topological polar surface area (TPSA) is 35.5 Å². The molecule has 6 heteroatoms. The van der Waals surface area contributed by atoms with Crippen molar-refractivity contribution in [1.82, 2.24) is 0 Å². The highest BCUT2D eigenvalue weighted by Gasteiger charge is 2.30. The van der Waals surface area contributed by atoms with Crippen LogP contribution in [0.2, 0.25) is 0 Å². The second kappa shape index (κ2) is 6.26. The molecule has 1 unspecified atom stereocenters. The second-order valence-electron chi connectivity index (χ2n) is 4.66. The molecule has 0 amide bonds. The van der Waals surface area contributed by atoms with Crippen molar-refractivity contribution in [3.05, 3.63) is 35.4 Å².